The largest absolute Gasteiger partial charge is 0.490 e. The zero-order valence-electron chi connectivity index (χ0n) is 13.5. The van der Waals surface area contributed by atoms with Crippen LogP contribution in [-0.4, -0.2) is 42.3 Å². The number of hydrogen-bond donors (Lipinski definition) is 0. The van der Waals surface area contributed by atoms with Crippen molar-refractivity contribution in [2.24, 2.45) is 0 Å². The molecule has 0 aliphatic heterocycles. The fourth-order valence-corrected chi connectivity index (χ4v) is 2.20. The van der Waals surface area contributed by atoms with Gasteiger partial charge in [0.05, 0.1) is 18.9 Å². The second-order valence-electron chi connectivity index (χ2n) is 5.30. The minimum absolute atomic E-state index is 0.0398. The zero-order chi connectivity index (χ0) is 16.1. The normalized spacial score (nSPS) is 11.1. The number of pyridine rings is 1. The molecule has 0 bridgehead atoms. The second kappa shape index (κ2) is 7.26. The van der Waals surface area contributed by atoms with Crippen LogP contribution in [0.15, 0.2) is 18.5 Å². The van der Waals surface area contributed by atoms with Gasteiger partial charge < -0.3 is 18.6 Å². The number of imidazole rings is 1. The summed E-state index contributed by atoms with van der Waals surface area (Å²) < 4.78 is 17.4. The first kappa shape index (κ1) is 16.3. The van der Waals surface area contributed by atoms with E-state index in [2.05, 4.69) is 4.98 Å². The highest BCUT2D eigenvalue weighted by atomic mass is 16.5. The summed E-state index contributed by atoms with van der Waals surface area (Å²) >= 11 is 0. The van der Waals surface area contributed by atoms with Crippen molar-refractivity contribution >= 4 is 11.6 Å². The summed E-state index contributed by atoms with van der Waals surface area (Å²) in [4.78, 5) is 16.5. The molecule has 0 spiro atoms. The molecule has 0 N–H and O–H groups in total. The number of carbonyl (C=O) groups excluding carboxylic acids is 1. The summed E-state index contributed by atoms with van der Waals surface area (Å²) in [7, 11) is 3.04. The standard InChI is InChI=1S/C16H22N2O4/c1-11(2)22-14-8-15-17-12(6-5-7-20-3)9-18(15)10-13(14)16(19)21-4/h8-11H,5-7H2,1-4H3. The molecule has 6 nitrogen and oxygen atoms in total. The molecule has 0 atom stereocenters. The molecule has 0 radical (unpaired) electrons. The molecule has 2 aromatic rings. The van der Waals surface area contributed by atoms with E-state index in [-0.39, 0.29) is 6.10 Å². The van der Waals surface area contributed by atoms with E-state index >= 15 is 0 Å². The van der Waals surface area contributed by atoms with E-state index in [9.17, 15) is 4.79 Å². The summed E-state index contributed by atoms with van der Waals surface area (Å²) in [6, 6.07) is 1.77. The summed E-state index contributed by atoms with van der Waals surface area (Å²) in [6.45, 7) is 4.52. The topological polar surface area (TPSA) is 62.1 Å². The number of esters is 1. The highest BCUT2D eigenvalue weighted by Gasteiger charge is 2.17. The van der Waals surface area contributed by atoms with Crippen LogP contribution in [0.25, 0.3) is 5.65 Å². The third kappa shape index (κ3) is 3.76. The Labute approximate surface area is 130 Å². The van der Waals surface area contributed by atoms with Crippen LogP contribution in [0.5, 0.6) is 5.75 Å². The minimum Gasteiger partial charge on any atom is -0.490 e. The average molecular weight is 306 g/mol. The van der Waals surface area contributed by atoms with Crippen molar-refractivity contribution in [3.63, 3.8) is 0 Å². The molecule has 120 valence electrons. The van der Waals surface area contributed by atoms with Crippen molar-refractivity contribution in [1.82, 2.24) is 9.38 Å². The van der Waals surface area contributed by atoms with E-state index in [1.54, 1.807) is 19.4 Å². The first-order valence-electron chi connectivity index (χ1n) is 7.30. The van der Waals surface area contributed by atoms with Crippen LogP contribution in [0.4, 0.5) is 0 Å². The highest BCUT2D eigenvalue weighted by Crippen LogP contribution is 2.23. The quantitative estimate of drug-likeness (QED) is 0.581. The number of aromatic nitrogens is 2. The molecule has 0 fully saturated rings. The molecule has 0 saturated heterocycles. The van der Waals surface area contributed by atoms with Crippen molar-refractivity contribution < 1.29 is 19.0 Å². The van der Waals surface area contributed by atoms with Gasteiger partial charge in [-0.25, -0.2) is 9.78 Å². The van der Waals surface area contributed by atoms with Crippen molar-refractivity contribution in [2.45, 2.75) is 32.8 Å². The number of hydrogen-bond acceptors (Lipinski definition) is 5. The number of carbonyl (C=O) groups is 1. The maximum Gasteiger partial charge on any atom is 0.343 e. The zero-order valence-corrected chi connectivity index (χ0v) is 13.5. The van der Waals surface area contributed by atoms with E-state index in [0.717, 1.165) is 24.2 Å². The van der Waals surface area contributed by atoms with E-state index in [4.69, 9.17) is 14.2 Å². The molecule has 2 rings (SSSR count). The Hall–Kier alpha value is -2.08. The van der Waals surface area contributed by atoms with Crippen LogP contribution >= 0.6 is 0 Å². The molecule has 0 aliphatic carbocycles. The van der Waals surface area contributed by atoms with E-state index < -0.39 is 5.97 Å². The van der Waals surface area contributed by atoms with Crippen molar-refractivity contribution in [2.75, 3.05) is 20.8 Å². The average Bonchev–Trinajstić information content (AvgIpc) is 2.87. The first-order chi connectivity index (χ1) is 10.5. The molecule has 2 heterocycles. The lowest BCUT2D eigenvalue weighted by Gasteiger charge is -2.13. The fraction of sp³-hybridized carbons (Fsp3) is 0.500. The monoisotopic (exact) mass is 306 g/mol. The van der Waals surface area contributed by atoms with Crippen molar-refractivity contribution in [3.8, 4) is 5.75 Å². The van der Waals surface area contributed by atoms with Gasteiger partial charge in [0.1, 0.15) is 17.0 Å². The molecule has 0 saturated carbocycles. The molecule has 22 heavy (non-hydrogen) atoms. The lowest BCUT2D eigenvalue weighted by molar-refractivity contribution is 0.0593. The fourth-order valence-electron chi connectivity index (χ4n) is 2.20. The van der Waals surface area contributed by atoms with E-state index in [0.29, 0.717) is 17.9 Å². The summed E-state index contributed by atoms with van der Waals surface area (Å²) in [5, 5.41) is 0. The number of aryl methyl sites for hydroxylation is 1. The number of ether oxygens (including phenoxy) is 3. The smallest absolute Gasteiger partial charge is 0.343 e. The predicted molar refractivity (Wildman–Crippen MR) is 82.5 cm³/mol. The number of fused-ring (bicyclic) bond motifs is 1. The van der Waals surface area contributed by atoms with E-state index in [1.807, 2.05) is 24.4 Å². The summed E-state index contributed by atoms with van der Waals surface area (Å²) in [5.74, 6) is 0.0653. The maximum atomic E-state index is 11.9. The SMILES string of the molecule is COCCCc1cn2cc(C(=O)OC)c(OC(C)C)cc2n1. The molecular weight excluding hydrogens is 284 g/mol. The van der Waals surface area contributed by atoms with Crippen LogP contribution in [0, 0.1) is 0 Å². The van der Waals surface area contributed by atoms with Gasteiger partial charge in [-0.05, 0) is 26.7 Å². The molecule has 2 aromatic heterocycles. The Morgan fingerprint density at radius 2 is 2.09 bits per heavy atom. The molecular formula is C16H22N2O4. The third-order valence-electron chi connectivity index (χ3n) is 3.15. The lowest BCUT2D eigenvalue weighted by Crippen LogP contribution is -2.12. The van der Waals surface area contributed by atoms with Crippen LogP contribution in [0.2, 0.25) is 0 Å². The predicted octanol–water partition coefficient (Wildman–Crippen LogP) is 2.49. The number of nitrogens with zero attached hydrogens (tertiary/aromatic N) is 2. The van der Waals surface area contributed by atoms with Gasteiger partial charge in [0, 0.05) is 32.2 Å². The van der Waals surface area contributed by atoms with Gasteiger partial charge in [-0.15, -0.1) is 0 Å². The maximum absolute atomic E-state index is 11.9. The Kier molecular flexibility index (Phi) is 5.38. The van der Waals surface area contributed by atoms with Gasteiger partial charge in [-0.2, -0.15) is 0 Å². The molecule has 0 amide bonds. The lowest BCUT2D eigenvalue weighted by atomic mass is 10.2. The van der Waals surface area contributed by atoms with Gasteiger partial charge in [0.2, 0.25) is 0 Å². The van der Waals surface area contributed by atoms with Gasteiger partial charge in [0.15, 0.2) is 0 Å². The Bertz CT molecular complexity index is 649. The molecule has 0 unspecified atom stereocenters. The molecule has 0 aromatic carbocycles. The Morgan fingerprint density at radius 3 is 2.73 bits per heavy atom. The number of methoxy groups -OCH3 is 2. The van der Waals surface area contributed by atoms with Crippen LogP contribution in [0.3, 0.4) is 0 Å². The van der Waals surface area contributed by atoms with Crippen LogP contribution < -0.4 is 4.74 Å². The third-order valence-corrected chi connectivity index (χ3v) is 3.15. The highest BCUT2D eigenvalue weighted by molar-refractivity contribution is 5.92. The number of rotatable bonds is 7. The second-order valence-corrected chi connectivity index (χ2v) is 5.30. The van der Waals surface area contributed by atoms with Crippen LogP contribution in [-0.2, 0) is 15.9 Å². The first-order valence-corrected chi connectivity index (χ1v) is 7.30. The Morgan fingerprint density at radius 1 is 1.32 bits per heavy atom. The molecule has 6 heteroatoms. The summed E-state index contributed by atoms with van der Waals surface area (Å²) in [6.07, 6.45) is 5.30. The Balaban J connectivity index is 2.36. The van der Waals surface area contributed by atoms with Gasteiger partial charge in [-0.1, -0.05) is 0 Å². The molecule has 0 aliphatic rings. The van der Waals surface area contributed by atoms with Crippen molar-refractivity contribution in [1.29, 1.82) is 0 Å². The summed E-state index contributed by atoms with van der Waals surface area (Å²) in [5.41, 5.74) is 2.09. The van der Waals surface area contributed by atoms with Gasteiger partial charge >= 0.3 is 5.97 Å². The van der Waals surface area contributed by atoms with Gasteiger partial charge in [0.25, 0.3) is 0 Å². The van der Waals surface area contributed by atoms with Crippen molar-refractivity contribution in [3.05, 3.63) is 29.7 Å². The van der Waals surface area contributed by atoms with E-state index in [1.165, 1.54) is 7.11 Å². The minimum atomic E-state index is -0.424. The van der Waals surface area contributed by atoms with Crippen LogP contribution in [0.1, 0.15) is 36.3 Å². The van der Waals surface area contributed by atoms with Gasteiger partial charge in [-0.3, -0.25) is 0 Å².